The number of hydrogen-bond acceptors (Lipinski definition) is 2. The molecule has 2 amide bonds. The Balaban J connectivity index is 3.31. The molecule has 0 heterocycles. The number of aliphatic carboxylic acids is 1. The lowest BCUT2D eigenvalue weighted by atomic mass is 10.2. The van der Waals surface area contributed by atoms with E-state index < -0.39 is 5.97 Å². The second-order valence-corrected chi connectivity index (χ2v) is 3.42. The Morgan fingerprint density at radius 2 is 1.93 bits per heavy atom. The highest BCUT2D eigenvalue weighted by Crippen LogP contribution is 1.93. The molecule has 0 fully saturated rings. The summed E-state index contributed by atoms with van der Waals surface area (Å²) >= 11 is 0. The number of carboxylic acids is 1. The standard InChI is InChI=1S/C10H18N2O3/c1-8(2)7-12-10(15)11-6-4-3-5-9(13)14/h1,3-7H2,2H3,(H,13,14)(H2,11,12,15). The van der Waals surface area contributed by atoms with Gasteiger partial charge in [0.25, 0.3) is 0 Å². The smallest absolute Gasteiger partial charge is 0.315 e. The minimum atomic E-state index is -0.804. The maximum Gasteiger partial charge on any atom is 0.315 e. The first-order valence-corrected chi connectivity index (χ1v) is 4.90. The monoisotopic (exact) mass is 214 g/mol. The number of amides is 2. The van der Waals surface area contributed by atoms with E-state index in [0.29, 0.717) is 25.9 Å². The van der Waals surface area contributed by atoms with Gasteiger partial charge in [0.05, 0.1) is 0 Å². The SMILES string of the molecule is C=C(C)CNC(=O)NCCCCC(=O)O. The van der Waals surface area contributed by atoms with Gasteiger partial charge in [0.1, 0.15) is 0 Å². The van der Waals surface area contributed by atoms with Crippen molar-refractivity contribution < 1.29 is 14.7 Å². The molecule has 0 aromatic heterocycles. The zero-order valence-electron chi connectivity index (χ0n) is 9.01. The molecule has 0 aliphatic rings. The first kappa shape index (κ1) is 13.5. The summed E-state index contributed by atoms with van der Waals surface area (Å²) in [6, 6.07) is -0.242. The normalized spacial score (nSPS) is 9.40. The summed E-state index contributed by atoms with van der Waals surface area (Å²) in [5.41, 5.74) is 0.885. The average Bonchev–Trinajstić information content (AvgIpc) is 2.13. The zero-order chi connectivity index (χ0) is 11.7. The third-order valence-corrected chi connectivity index (χ3v) is 1.65. The van der Waals surface area contributed by atoms with Crippen molar-refractivity contribution in [1.82, 2.24) is 10.6 Å². The van der Waals surface area contributed by atoms with Crippen LogP contribution in [0.4, 0.5) is 4.79 Å². The van der Waals surface area contributed by atoms with Gasteiger partial charge in [0, 0.05) is 19.5 Å². The fourth-order valence-corrected chi connectivity index (χ4v) is 0.897. The van der Waals surface area contributed by atoms with E-state index in [9.17, 15) is 9.59 Å². The highest BCUT2D eigenvalue weighted by atomic mass is 16.4. The summed E-state index contributed by atoms with van der Waals surface area (Å²) < 4.78 is 0. The van der Waals surface area contributed by atoms with Crippen LogP contribution in [0.1, 0.15) is 26.2 Å². The number of carbonyl (C=O) groups is 2. The topological polar surface area (TPSA) is 78.4 Å². The number of carboxylic acid groups (broad SMARTS) is 1. The van der Waals surface area contributed by atoms with Crippen LogP contribution in [-0.4, -0.2) is 30.2 Å². The molecule has 15 heavy (non-hydrogen) atoms. The summed E-state index contributed by atoms with van der Waals surface area (Å²) in [7, 11) is 0. The third-order valence-electron chi connectivity index (χ3n) is 1.65. The highest BCUT2D eigenvalue weighted by molar-refractivity contribution is 5.74. The molecular formula is C10H18N2O3. The van der Waals surface area contributed by atoms with E-state index in [1.165, 1.54) is 0 Å². The lowest BCUT2D eigenvalue weighted by molar-refractivity contribution is -0.137. The first-order valence-electron chi connectivity index (χ1n) is 4.90. The van der Waals surface area contributed by atoms with E-state index in [0.717, 1.165) is 5.57 Å². The van der Waals surface area contributed by atoms with Gasteiger partial charge < -0.3 is 15.7 Å². The van der Waals surface area contributed by atoms with Gasteiger partial charge in [0.15, 0.2) is 0 Å². The molecule has 0 saturated carbocycles. The Bertz CT molecular complexity index is 239. The Hall–Kier alpha value is -1.52. The second kappa shape index (κ2) is 7.84. The lowest BCUT2D eigenvalue weighted by Gasteiger charge is -2.06. The van der Waals surface area contributed by atoms with Crippen LogP contribution in [0.2, 0.25) is 0 Å². The molecule has 0 spiro atoms. The Kier molecular flexibility index (Phi) is 7.05. The molecule has 0 aliphatic carbocycles. The third kappa shape index (κ3) is 10.4. The van der Waals surface area contributed by atoms with E-state index in [2.05, 4.69) is 17.2 Å². The van der Waals surface area contributed by atoms with Crippen LogP contribution in [0.3, 0.4) is 0 Å². The maximum atomic E-state index is 11.1. The summed E-state index contributed by atoms with van der Waals surface area (Å²) in [4.78, 5) is 21.2. The van der Waals surface area contributed by atoms with Gasteiger partial charge in [0.2, 0.25) is 0 Å². The molecule has 0 unspecified atom stereocenters. The molecule has 0 saturated heterocycles. The van der Waals surface area contributed by atoms with E-state index >= 15 is 0 Å². The van der Waals surface area contributed by atoms with E-state index in [4.69, 9.17) is 5.11 Å². The average molecular weight is 214 g/mol. The number of nitrogens with one attached hydrogen (secondary N) is 2. The zero-order valence-corrected chi connectivity index (χ0v) is 9.01. The van der Waals surface area contributed by atoms with Gasteiger partial charge in [-0.3, -0.25) is 4.79 Å². The van der Waals surface area contributed by atoms with Gasteiger partial charge in [-0.25, -0.2) is 4.79 Å². The van der Waals surface area contributed by atoms with Crippen LogP contribution in [0.15, 0.2) is 12.2 Å². The summed E-state index contributed by atoms with van der Waals surface area (Å²) in [5, 5.41) is 13.6. The molecular weight excluding hydrogens is 196 g/mol. The van der Waals surface area contributed by atoms with Gasteiger partial charge in [-0.2, -0.15) is 0 Å². The van der Waals surface area contributed by atoms with Crippen molar-refractivity contribution in [2.75, 3.05) is 13.1 Å². The fourth-order valence-electron chi connectivity index (χ4n) is 0.897. The number of hydrogen-bond donors (Lipinski definition) is 3. The Labute approximate surface area is 89.6 Å². The molecule has 5 nitrogen and oxygen atoms in total. The van der Waals surface area contributed by atoms with Gasteiger partial charge in [-0.05, 0) is 19.8 Å². The predicted octanol–water partition coefficient (Wildman–Crippen LogP) is 1.12. The van der Waals surface area contributed by atoms with Crippen LogP contribution in [0.25, 0.3) is 0 Å². The van der Waals surface area contributed by atoms with Crippen LogP contribution >= 0.6 is 0 Å². The van der Waals surface area contributed by atoms with Crippen molar-refractivity contribution in [3.8, 4) is 0 Å². The molecule has 3 N–H and O–H groups in total. The van der Waals surface area contributed by atoms with Crippen molar-refractivity contribution in [1.29, 1.82) is 0 Å². The summed E-state index contributed by atoms with van der Waals surface area (Å²) in [6.07, 6.45) is 1.40. The number of rotatable bonds is 7. The van der Waals surface area contributed by atoms with Crippen molar-refractivity contribution in [3.05, 3.63) is 12.2 Å². The molecule has 0 aliphatic heterocycles. The number of carbonyl (C=O) groups excluding carboxylic acids is 1. The molecule has 0 bridgehead atoms. The number of unbranched alkanes of at least 4 members (excludes halogenated alkanes) is 1. The maximum absolute atomic E-state index is 11.1. The van der Waals surface area contributed by atoms with Crippen LogP contribution in [0.5, 0.6) is 0 Å². The highest BCUT2D eigenvalue weighted by Gasteiger charge is 1.99. The van der Waals surface area contributed by atoms with Crippen molar-refractivity contribution in [2.24, 2.45) is 0 Å². The van der Waals surface area contributed by atoms with E-state index in [-0.39, 0.29) is 12.5 Å². The van der Waals surface area contributed by atoms with E-state index in [1.807, 2.05) is 6.92 Å². The van der Waals surface area contributed by atoms with Crippen LogP contribution in [0, 0.1) is 0 Å². The van der Waals surface area contributed by atoms with Gasteiger partial charge in [-0.15, -0.1) is 0 Å². The molecule has 0 atom stereocenters. The minimum Gasteiger partial charge on any atom is -0.481 e. The van der Waals surface area contributed by atoms with Gasteiger partial charge >= 0.3 is 12.0 Å². The Morgan fingerprint density at radius 3 is 2.47 bits per heavy atom. The molecule has 0 aromatic carbocycles. The van der Waals surface area contributed by atoms with Crippen molar-refractivity contribution >= 4 is 12.0 Å². The molecule has 0 rings (SSSR count). The predicted molar refractivity (Wildman–Crippen MR) is 57.7 cm³/mol. The molecule has 5 heteroatoms. The van der Waals surface area contributed by atoms with Crippen LogP contribution in [-0.2, 0) is 4.79 Å². The second-order valence-electron chi connectivity index (χ2n) is 3.42. The molecule has 0 aromatic rings. The summed E-state index contributed by atoms with van der Waals surface area (Å²) in [5.74, 6) is -0.804. The fraction of sp³-hybridized carbons (Fsp3) is 0.600. The number of urea groups is 1. The van der Waals surface area contributed by atoms with Crippen LogP contribution < -0.4 is 10.6 Å². The summed E-state index contributed by atoms with van der Waals surface area (Å²) in [6.45, 7) is 6.43. The quantitative estimate of drug-likeness (QED) is 0.439. The molecule has 86 valence electrons. The first-order chi connectivity index (χ1) is 7.02. The van der Waals surface area contributed by atoms with Gasteiger partial charge in [-0.1, -0.05) is 12.2 Å². The lowest BCUT2D eigenvalue weighted by Crippen LogP contribution is -2.36. The largest absolute Gasteiger partial charge is 0.481 e. The molecule has 0 radical (unpaired) electrons. The minimum absolute atomic E-state index is 0.148. The van der Waals surface area contributed by atoms with Crippen molar-refractivity contribution in [3.63, 3.8) is 0 Å². The van der Waals surface area contributed by atoms with E-state index in [1.54, 1.807) is 0 Å². The Morgan fingerprint density at radius 1 is 1.27 bits per heavy atom. The van der Waals surface area contributed by atoms with Crippen molar-refractivity contribution in [2.45, 2.75) is 26.2 Å².